The van der Waals surface area contributed by atoms with Crippen LogP contribution in [0.2, 0.25) is 0 Å². The third kappa shape index (κ3) is 5.22. The summed E-state index contributed by atoms with van der Waals surface area (Å²) >= 11 is 0. The molecule has 1 atom stereocenters. The van der Waals surface area contributed by atoms with Crippen molar-refractivity contribution in [3.8, 4) is 5.75 Å². The average Bonchev–Trinajstić information content (AvgIpc) is 2.70. The molecule has 1 N–H and O–H groups in total. The van der Waals surface area contributed by atoms with Crippen molar-refractivity contribution in [1.29, 1.82) is 0 Å². The molecule has 27 heavy (non-hydrogen) atoms. The van der Waals surface area contributed by atoms with Crippen LogP contribution in [-0.4, -0.2) is 31.6 Å². The second-order valence-corrected chi connectivity index (χ2v) is 6.83. The molecule has 0 fully saturated rings. The van der Waals surface area contributed by atoms with Crippen molar-refractivity contribution in [1.82, 2.24) is 5.32 Å². The van der Waals surface area contributed by atoms with E-state index in [4.69, 9.17) is 4.74 Å². The Hall–Kier alpha value is -2.56. The minimum Gasteiger partial charge on any atom is -0.481 e. The molecule has 2 aromatic rings. The lowest BCUT2D eigenvalue weighted by molar-refractivity contribution is -0.128. The second-order valence-electron chi connectivity index (χ2n) is 6.83. The first-order valence-corrected chi connectivity index (χ1v) is 9.70. The van der Waals surface area contributed by atoms with Gasteiger partial charge in [0.2, 0.25) is 0 Å². The lowest BCUT2D eigenvalue weighted by Gasteiger charge is -2.31. The number of hydrogen-bond acceptors (Lipinski definition) is 3. The number of aryl methyl sites for hydroxylation is 1. The second kappa shape index (κ2) is 9.40. The minimum absolute atomic E-state index is 0.124. The van der Waals surface area contributed by atoms with E-state index in [1.807, 2.05) is 6.92 Å². The number of para-hydroxylation sites is 1. The topological polar surface area (TPSA) is 41.6 Å². The van der Waals surface area contributed by atoms with Gasteiger partial charge in [-0.2, -0.15) is 0 Å². The van der Waals surface area contributed by atoms with Gasteiger partial charge in [-0.15, -0.1) is 0 Å². The van der Waals surface area contributed by atoms with Crippen LogP contribution < -0.4 is 15.0 Å². The maximum atomic E-state index is 13.0. The van der Waals surface area contributed by atoms with Gasteiger partial charge in [0.25, 0.3) is 5.91 Å². The maximum absolute atomic E-state index is 13.0. The van der Waals surface area contributed by atoms with Crippen molar-refractivity contribution in [2.45, 2.75) is 38.7 Å². The summed E-state index contributed by atoms with van der Waals surface area (Å²) in [6.07, 6.45) is 3.19. The van der Waals surface area contributed by atoms with Crippen LogP contribution in [0.1, 0.15) is 31.7 Å². The lowest BCUT2D eigenvalue weighted by Crippen LogP contribution is -2.39. The third-order valence-electron chi connectivity index (χ3n) is 4.87. The predicted molar refractivity (Wildman–Crippen MR) is 106 cm³/mol. The highest BCUT2D eigenvalue weighted by molar-refractivity contribution is 5.81. The van der Waals surface area contributed by atoms with E-state index in [0.29, 0.717) is 18.7 Å². The standard InChI is InChI=1S/C22H27FN2O2/c1-2-21(27-19-12-10-18(23)11-13-19)22(26)24-14-6-16-25-15-5-8-17-7-3-4-9-20(17)25/h3-4,7,9-13,21H,2,5-6,8,14-16H2,1H3,(H,24,26)/t21-/m1/s1. The van der Waals surface area contributed by atoms with Gasteiger partial charge in [-0.05, 0) is 61.6 Å². The van der Waals surface area contributed by atoms with Crippen LogP contribution in [0.4, 0.5) is 10.1 Å². The number of rotatable bonds is 8. The molecule has 0 saturated heterocycles. The summed E-state index contributed by atoms with van der Waals surface area (Å²) in [5.74, 6) is 0.0586. The first-order chi connectivity index (χ1) is 13.2. The molecule has 1 aliphatic heterocycles. The van der Waals surface area contributed by atoms with Crippen LogP contribution in [0, 0.1) is 5.82 Å². The minimum atomic E-state index is -0.564. The normalized spacial score (nSPS) is 14.4. The molecule has 5 heteroatoms. The lowest BCUT2D eigenvalue weighted by atomic mass is 10.0. The summed E-state index contributed by atoms with van der Waals surface area (Å²) < 4.78 is 18.7. The largest absolute Gasteiger partial charge is 0.481 e. The number of hydrogen-bond donors (Lipinski definition) is 1. The van der Waals surface area contributed by atoms with Gasteiger partial charge >= 0.3 is 0 Å². The van der Waals surface area contributed by atoms with Crippen LogP contribution in [0.3, 0.4) is 0 Å². The van der Waals surface area contributed by atoms with Gasteiger partial charge in [0.05, 0.1) is 0 Å². The summed E-state index contributed by atoms with van der Waals surface area (Å²) in [6, 6.07) is 14.3. The van der Waals surface area contributed by atoms with Gasteiger partial charge < -0.3 is 15.0 Å². The molecule has 1 amide bonds. The van der Waals surface area contributed by atoms with Crippen molar-refractivity contribution in [2.75, 3.05) is 24.5 Å². The molecule has 0 unspecified atom stereocenters. The summed E-state index contributed by atoms with van der Waals surface area (Å²) in [4.78, 5) is 14.8. The van der Waals surface area contributed by atoms with E-state index in [2.05, 4.69) is 34.5 Å². The Labute approximate surface area is 160 Å². The number of amides is 1. The molecule has 0 radical (unpaired) electrons. The van der Waals surface area contributed by atoms with E-state index in [-0.39, 0.29) is 11.7 Å². The molecule has 0 aromatic heterocycles. The zero-order valence-corrected chi connectivity index (χ0v) is 15.8. The van der Waals surface area contributed by atoms with Crippen molar-refractivity contribution < 1.29 is 13.9 Å². The Balaban J connectivity index is 1.44. The summed E-state index contributed by atoms with van der Waals surface area (Å²) in [5.41, 5.74) is 2.73. The number of carbonyl (C=O) groups excluding carboxylic acids is 1. The van der Waals surface area contributed by atoms with Crippen LogP contribution >= 0.6 is 0 Å². The van der Waals surface area contributed by atoms with Crippen molar-refractivity contribution in [2.24, 2.45) is 0 Å². The number of nitrogens with zero attached hydrogens (tertiary/aromatic N) is 1. The molecular formula is C22H27FN2O2. The van der Waals surface area contributed by atoms with Crippen molar-refractivity contribution in [3.63, 3.8) is 0 Å². The van der Waals surface area contributed by atoms with Crippen LogP contribution in [0.15, 0.2) is 48.5 Å². The molecule has 1 aliphatic rings. The number of halogens is 1. The number of carbonyl (C=O) groups is 1. The molecule has 2 aromatic carbocycles. The van der Waals surface area contributed by atoms with Crippen molar-refractivity contribution in [3.05, 3.63) is 59.9 Å². The van der Waals surface area contributed by atoms with E-state index in [9.17, 15) is 9.18 Å². The highest BCUT2D eigenvalue weighted by Crippen LogP contribution is 2.26. The van der Waals surface area contributed by atoms with Crippen LogP contribution in [0.5, 0.6) is 5.75 Å². The monoisotopic (exact) mass is 370 g/mol. The van der Waals surface area contributed by atoms with Crippen LogP contribution in [0.25, 0.3) is 0 Å². The first-order valence-electron chi connectivity index (χ1n) is 9.70. The van der Waals surface area contributed by atoms with Gasteiger partial charge in [-0.25, -0.2) is 4.39 Å². The Bertz CT molecular complexity index is 748. The van der Waals surface area contributed by atoms with E-state index in [1.54, 1.807) is 12.1 Å². The fraction of sp³-hybridized carbons (Fsp3) is 0.409. The number of ether oxygens (including phenoxy) is 1. The summed E-state index contributed by atoms with van der Waals surface area (Å²) in [7, 11) is 0. The third-order valence-corrected chi connectivity index (χ3v) is 4.87. The van der Waals surface area contributed by atoms with Crippen LogP contribution in [-0.2, 0) is 11.2 Å². The molecule has 0 aliphatic carbocycles. The van der Waals surface area contributed by atoms with E-state index < -0.39 is 6.10 Å². The average molecular weight is 370 g/mol. The van der Waals surface area contributed by atoms with E-state index in [1.165, 1.54) is 29.8 Å². The molecule has 0 saturated carbocycles. The molecule has 3 rings (SSSR count). The zero-order chi connectivity index (χ0) is 19.1. The fourth-order valence-corrected chi connectivity index (χ4v) is 3.44. The fourth-order valence-electron chi connectivity index (χ4n) is 3.44. The molecule has 0 spiro atoms. The Kier molecular flexibility index (Phi) is 6.69. The Morgan fingerprint density at radius 2 is 2.00 bits per heavy atom. The predicted octanol–water partition coefficient (Wildman–Crippen LogP) is 3.94. The van der Waals surface area contributed by atoms with Gasteiger partial charge in [0.15, 0.2) is 6.10 Å². The zero-order valence-electron chi connectivity index (χ0n) is 15.8. The molecule has 0 bridgehead atoms. The number of anilines is 1. The van der Waals surface area contributed by atoms with Gasteiger partial charge in [0, 0.05) is 25.3 Å². The molecular weight excluding hydrogens is 343 g/mol. The van der Waals surface area contributed by atoms with Gasteiger partial charge in [-0.1, -0.05) is 25.1 Å². The molecule has 144 valence electrons. The highest BCUT2D eigenvalue weighted by atomic mass is 19.1. The highest BCUT2D eigenvalue weighted by Gasteiger charge is 2.19. The number of fused-ring (bicyclic) bond motifs is 1. The smallest absolute Gasteiger partial charge is 0.261 e. The first kappa shape index (κ1) is 19.2. The Morgan fingerprint density at radius 1 is 1.22 bits per heavy atom. The van der Waals surface area contributed by atoms with Crippen molar-refractivity contribution >= 4 is 11.6 Å². The number of benzene rings is 2. The summed E-state index contributed by atoms with van der Waals surface area (Å²) in [6.45, 7) is 4.50. The van der Waals surface area contributed by atoms with Gasteiger partial charge in [-0.3, -0.25) is 4.79 Å². The van der Waals surface area contributed by atoms with Gasteiger partial charge in [0.1, 0.15) is 11.6 Å². The molecule has 1 heterocycles. The summed E-state index contributed by atoms with van der Waals surface area (Å²) in [5, 5.41) is 2.96. The maximum Gasteiger partial charge on any atom is 0.261 e. The SMILES string of the molecule is CC[C@@H](Oc1ccc(F)cc1)C(=O)NCCCN1CCCc2ccccc21. The van der Waals surface area contributed by atoms with E-state index in [0.717, 1.165) is 25.9 Å². The Morgan fingerprint density at radius 3 is 2.78 bits per heavy atom. The quantitative estimate of drug-likeness (QED) is 0.716. The number of nitrogens with one attached hydrogen (secondary N) is 1. The van der Waals surface area contributed by atoms with E-state index >= 15 is 0 Å². The molecule has 4 nitrogen and oxygen atoms in total.